The van der Waals surface area contributed by atoms with Crippen LogP contribution in [-0.4, -0.2) is 79.1 Å². The monoisotopic (exact) mass is 333 g/mol. The minimum atomic E-state index is -2.52. The van der Waals surface area contributed by atoms with E-state index in [9.17, 15) is 5.11 Å². The second-order valence-electron chi connectivity index (χ2n) is 4.92. The molecule has 0 aromatic carbocycles. The van der Waals surface area contributed by atoms with Gasteiger partial charge in [-0.25, -0.2) is 0 Å². The summed E-state index contributed by atoms with van der Waals surface area (Å²) in [6.45, 7) is 10.2. The zero-order chi connectivity index (χ0) is 16.8. The van der Waals surface area contributed by atoms with Gasteiger partial charge in [-0.2, -0.15) is 0 Å². The summed E-state index contributed by atoms with van der Waals surface area (Å²) in [6.07, 6.45) is 3.84. The van der Waals surface area contributed by atoms with E-state index in [1.54, 1.807) is 21.3 Å². The average molecular weight is 334 g/mol. The maximum atomic E-state index is 9.97. The number of rotatable bonds is 15. The Morgan fingerprint density at radius 3 is 2.09 bits per heavy atom. The van der Waals surface area contributed by atoms with Crippen LogP contribution >= 0.6 is 0 Å². The fraction of sp³-hybridized carbons (Fsp3) is 0.733. The summed E-state index contributed by atoms with van der Waals surface area (Å²) in [6, 6.07) is 0.686. The first-order chi connectivity index (χ1) is 10.6. The van der Waals surface area contributed by atoms with E-state index in [2.05, 4.69) is 13.2 Å². The van der Waals surface area contributed by atoms with Gasteiger partial charge in [-0.1, -0.05) is 12.2 Å². The van der Waals surface area contributed by atoms with Gasteiger partial charge in [-0.05, 0) is 6.42 Å². The summed E-state index contributed by atoms with van der Waals surface area (Å²) >= 11 is 0. The van der Waals surface area contributed by atoms with Crippen molar-refractivity contribution >= 4 is 8.80 Å². The molecule has 0 rings (SSSR count). The van der Waals surface area contributed by atoms with Crippen LogP contribution in [0.15, 0.2) is 25.3 Å². The van der Waals surface area contributed by atoms with Crippen LogP contribution in [0, 0.1) is 0 Å². The molecule has 1 unspecified atom stereocenters. The maximum Gasteiger partial charge on any atom is 0.500 e. The molecular weight excluding hydrogens is 302 g/mol. The van der Waals surface area contributed by atoms with Crippen LogP contribution in [0.1, 0.15) is 6.42 Å². The molecule has 0 saturated carbocycles. The molecule has 7 heteroatoms. The van der Waals surface area contributed by atoms with Gasteiger partial charge in [-0.15, -0.1) is 13.2 Å². The summed E-state index contributed by atoms with van der Waals surface area (Å²) in [5.41, 5.74) is 0. The first-order valence-electron chi connectivity index (χ1n) is 7.42. The molecule has 0 aliphatic carbocycles. The highest BCUT2D eigenvalue weighted by atomic mass is 28.4. The van der Waals surface area contributed by atoms with Crippen molar-refractivity contribution in [2.45, 2.75) is 18.6 Å². The molecule has 0 fully saturated rings. The molecule has 0 aliphatic rings. The Balaban J connectivity index is 3.90. The van der Waals surface area contributed by atoms with E-state index in [4.69, 9.17) is 18.0 Å². The average Bonchev–Trinajstić information content (AvgIpc) is 2.52. The summed E-state index contributed by atoms with van der Waals surface area (Å²) in [4.78, 5) is 2.05. The van der Waals surface area contributed by atoms with Crippen LogP contribution in [0.3, 0.4) is 0 Å². The Labute approximate surface area is 135 Å². The van der Waals surface area contributed by atoms with Crippen molar-refractivity contribution in [3.05, 3.63) is 25.3 Å². The fourth-order valence-electron chi connectivity index (χ4n) is 2.11. The Kier molecular flexibility index (Phi) is 12.6. The third kappa shape index (κ3) is 8.79. The van der Waals surface area contributed by atoms with Crippen molar-refractivity contribution in [2.75, 3.05) is 54.2 Å². The molecule has 0 aromatic rings. The van der Waals surface area contributed by atoms with Gasteiger partial charge in [0.1, 0.15) is 0 Å². The first kappa shape index (κ1) is 21.5. The molecule has 0 spiro atoms. The van der Waals surface area contributed by atoms with Gasteiger partial charge < -0.3 is 23.1 Å². The van der Waals surface area contributed by atoms with Crippen LogP contribution in [-0.2, 0) is 18.0 Å². The topological polar surface area (TPSA) is 60.4 Å². The standard InChI is InChI=1S/C15H31NO5Si/c1-6-9-16(10-7-2)13-15(17)14-21-11-8-12-22(18-3,19-4)20-5/h6-7,15,17H,1-2,8-14H2,3-5H3. The maximum absolute atomic E-state index is 9.97. The van der Waals surface area contributed by atoms with Gasteiger partial charge in [0.15, 0.2) is 0 Å². The number of aliphatic hydroxyl groups is 1. The Morgan fingerprint density at radius 1 is 1.09 bits per heavy atom. The molecule has 0 radical (unpaired) electrons. The van der Waals surface area contributed by atoms with E-state index < -0.39 is 14.9 Å². The molecule has 0 saturated heterocycles. The lowest BCUT2D eigenvalue weighted by Gasteiger charge is -2.24. The number of hydrogen-bond donors (Lipinski definition) is 1. The highest BCUT2D eigenvalue weighted by Gasteiger charge is 2.36. The molecular formula is C15H31NO5Si. The zero-order valence-electron chi connectivity index (χ0n) is 14.1. The smallest absolute Gasteiger partial charge is 0.389 e. The summed E-state index contributed by atoms with van der Waals surface area (Å²) < 4.78 is 21.5. The van der Waals surface area contributed by atoms with E-state index in [0.717, 1.165) is 6.42 Å². The molecule has 0 aliphatic heterocycles. The molecule has 0 amide bonds. The van der Waals surface area contributed by atoms with Gasteiger partial charge >= 0.3 is 8.80 Å². The largest absolute Gasteiger partial charge is 0.500 e. The minimum Gasteiger partial charge on any atom is -0.389 e. The van der Waals surface area contributed by atoms with E-state index >= 15 is 0 Å². The van der Waals surface area contributed by atoms with Crippen molar-refractivity contribution in [3.63, 3.8) is 0 Å². The quantitative estimate of drug-likeness (QED) is 0.277. The Morgan fingerprint density at radius 2 is 1.64 bits per heavy atom. The third-order valence-corrected chi connectivity index (χ3v) is 6.09. The molecule has 22 heavy (non-hydrogen) atoms. The predicted octanol–water partition coefficient (Wildman–Crippen LogP) is 1.31. The van der Waals surface area contributed by atoms with Crippen molar-refractivity contribution in [3.8, 4) is 0 Å². The van der Waals surface area contributed by atoms with Crippen molar-refractivity contribution in [1.82, 2.24) is 4.90 Å². The van der Waals surface area contributed by atoms with E-state index in [0.29, 0.717) is 38.9 Å². The van der Waals surface area contributed by atoms with Crippen LogP contribution in [0.4, 0.5) is 0 Å². The summed E-state index contributed by atoms with van der Waals surface area (Å²) in [7, 11) is 2.27. The minimum absolute atomic E-state index is 0.298. The Hall–Kier alpha value is -0.543. The molecule has 0 bridgehead atoms. The van der Waals surface area contributed by atoms with Crippen molar-refractivity contribution in [1.29, 1.82) is 0 Å². The molecule has 0 aromatic heterocycles. The molecule has 1 atom stereocenters. The fourth-order valence-corrected chi connectivity index (χ4v) is 3.80. The first-order valence-corrected chi connectivity index (χ1v) is 9.36. The van der Waals surface area contributed by atoms with Gasteiger partial charge in [-0.3, -0.25) is 4.90 Å². The Bertz CT molecular complexity index is 281. The number of aliphatic hydroxyl groups excluding tert-OH is 1. The summed E-state index contributed by atoms with van der Waals surface area (Å²) in [5.74, 6) is 0. The second-order valence-corrected chi connectivity index (χ2v) is 8.01. The van der Waals surface area contributed by atoms with Gasteiger partial charge in [0, 0.05) is 53.6 Å². The van der Waals surface area contributed by atoms with Gasteiger partial charge in [0.05, 0.1) is 12.7 Å². The second kappa shape index (κ2) is 12.9. The lowest BCUT2D eigenvalue weighted by molar-refractivity contribution is 0.0191. The molecule has 0 heterocycles. The van der Waals surface area contributed by atoms with Gasteiger partial charge in [0.25, 0.3) is 0 Å². The molecule has 130 valence electrons. The lowest BCUT2D eigenvalue weighted by atomic mass is 10.3. The van der Waals surface area contributed by atoms with Crippen LogP contribution in [0.2, 0.25) is 6.04 Å². The number of ether oxygens (including phenoxy) is 1. The van der Waals surface area contributed by atoms with Crippen LogP contribution < -0.4 is 0 Å². The zero-order valence-corrected chi connectivity index (χ0v) is 15.1. The number of nitrogens with zero attached hydrogens (tertiary/aromatic N) is 1. The number of hydrogen-bond acceptors (Lipinski definition) is 6. The van der Waals surface area contributed by atoms with Crippen molar-refractivity contribution in [2.24, 2.45) is 0 Å². The lowest BCUT2D eigenvalue weighted by Crippen LogP contribution is -2.42. The van der Waals surface area contributed by atoms with Crippen molar-refractivity contribution < 1.29 is 23.1 Å². The molecule has 1 N–H and O–H groups in total. The van der Waals surface area contributed by atoms with Crippen LogP contribution in [0.25, 0.3) is 0 Å². The predicted molar refractivity (Wildman–Crippen MR) is 89.9 cm³/mol. The third-order valence-electron chi connectivity index (χ3n) is 3.26. The SMILES string of the molecule is C=CCN(CC=C)CC(O)COCCC[Si](OC)(OC)OC. The molecule has 6 nitrogen and oxygen atoms in total. The normalized spacial score (nSPS) is 13.3. The van der Waals surface area contributed by atoms with E-state index in [1.807, 2.05) is 17.1 Å². The summed E-state index contributed by atoms with van der Waals surface area (Å²) in [5, 5.41) is 9.97. The highest BCUT2D eigenvalue weighted by Crippen LogP contribution is 2.14. The van der Waals surface area contributed by atoms with E-state index in [-0.39, 0.29) is 0 Å². The highest BCUT2D eigenvalue weighted by molar-refractivity contribution is 6.60. The van der Waals surface area contributed by atoms with Crippen LogP contribution in [0.5, 0.6) is 0 Å². The van der Waals surface area contributed by atoms with E-state index in [1.165, 1.54) is 0 Å². The van der Waals surface area contributed by atoms with Gasteiger partial charge in [0.2, 0.25) is 0 Å².